The number of hydrogen-bond acceptors (Lipinski definition) is 3. The quantitative estimate of drug-likeness (QED) is 0.925. The van der Waals surface area contributed by atoms with E-state index in [1.54, 1.807) is 16.4 Å². The van der Waals surface area contributed by atoms with E-state index in [0.717, 1.165) is 25.8 Å². The largest absolute Gasteiger partial charge is 0.314 e. The first-order valence-corrected chi connectivity index (χ1v) is 9.73. The van der Waals surface area contributed by atoms with Crippen LogP contribution >= 0.6 is 0 Å². The zero-order valence-electron chi connectivity index (χ0n) is 13.5. The highest BCUT2D eigenvalue weighted by molar-refractivity contribution is 7.89. The van der Waals surface area contributed by atoms with Crippen molar-refractivity contribution in [3.63, 3.8) is 0 Å². The van der Waals surface area contributed by atoms with Gasteiger partial charge in [0.2, 0.25) is 10.0 Å². The standard InChI is InChI=1S/C17H26N2O2S/c1-13(2)11-14-3-5-16(6-4-14)22(20,21)19-10-8-17-15(12-19)7-9-18-17/h3-6,13,15,17-18H,7-12H2,1-2H3. The minimum atomic E-state index is -3.34. The van der Waals surface area contributed by atoms with Crippen LogP contribution in [0.1, 0.15) is 32.3 Å². The van der Waals surface area contributed by atoms with Crippen LogP contribution in [0.15, 0.2) is 29.2 Å². The zero-order valence-corrected chi connectivity index (χ0v) is 14.3. The first-order chi connectivity index (χ1) is 10.5. The molecule has 22 heavy (non-hydrogen) atoms. The zero-order chi connectivity index (χ0) is 15.7. The van der Waals surface area contributed by atoms with Gasteiger partial charge in [-0.25, -0.2) is 8.42 Å². The van der Waals surface area contributed by atoms with Crippen molar-refractivity contribution in [3.8, 4) is 0 Å². The Labute approximate surface area is 134 Å². The summed E-state index contributed by atoms with van der Waals surface area (Å²) in [7, 11) is -3.34. The van der Waals surface area contributed by atoms with Crippen molar-refractivity contribution >= 4 is 10.0 Å². The Morgan fingerprint density at radius 1 is 1.23 bits per heavy atom. The summed E-state index contributed by atoms with van der Waals surface area (Å²) in [4.78, 5) is 0.435. The Bertz CT molecular complexity index is 610. The van der Waals surface area contributed by atoms with Crippen LogP contribution in [0.2, 0.25) is 0 Å². The van der Waals surface area contributed by atoms with E-state index in [2.05, 4.69) is 19.2 Å². The lowest BCUT2D eigenvalue weighted by Gasteiger charge is -2.34. The predicted molar refractivity (Wildman–Crippen MR) is 88.3 cm³/mol. The Balaban J connectivity index is 1.75. The Morgan fingerprint density at radius 2 is 1.95 bits per heavy atom. The van der Waals surface area contributed by atoms with Crippen LogP contribution in [0.25, 0.3) is 0 Å². The fourth-order valence-electron chi connectivity index (χ4n) is 3.65. The van der Waals surface area contributed by atoms with Crippen molar-refractivity contribution in [3.05, 3.63) is 29.8 Å². The van der Waals surface area contributed by atoms with Crippen LogP contribution in [0.3, 0.4) is 0 Å². The highest BCUT2D eigenvalue weighted by Gasteiger charge is 2.37. The molecule has 3 rings (SSSR count). The third kappa shape index (κ3) is 3.21. The fraction of sp³-hybridized carbons (Fsp3) is 0.647. The topological polar surface area (TPSA) is 49.4 Å². The number of sulfonamides is 1. The molecular weight excluding hydrogens is 296 g/mol. The Hall–Kier alpha value is -0.910. The van der Waals surface area contributed by atoms with E-state index in [0.29, 0.717) is 35.9 Å². The number of fused-ring (bicyclic) bond motifs is 1. The molecule has 0 bridgehead atoms. The summed E-state index contributed by atoms with van der Waals surface area (Å²) >= 11 is 0. The van der Waals surface area contributed by atoms with Gasteiger partial charge >= 0.3 is 0 Å². The van der Waals surface area contributed by atoms with Gasteiger partial charge in [0, 0.05) is 19.1 Å². The molecule has 2 aliphatic heterocycles. The molecule has 0 spiro atoms. The molecule has 2 heterocycles. The summed E-state index contributed by atoms with van der Waals surface area (Å²) in [6.45, 7) is 6.65. The van der Waals surface area contributed by atoms with Crippen molar-refractivity contribution < 1.29 is 8.42 Å². The van der Waals surface area contributed by atoms with E-state index >= 15 is 0 Å². The van der Waals surface area contributed by atoms with Gasteiger partial charge in [0.1, 0.15) is 0 Å². The second-order valence-corrected chi connectivity index (χ2v) is 8.94. The highest BCUT2D eigenvalue weighted by atomic mass is 32.2. The molecule has 122 valence electrons. The molecule has 4 nitrogen and oxygen atoms in total. The van der Waals surface area contributed by atoms with Crippen LogP contribution in [-0.4, -0.2) is 38.4 Å². The lowest BCUT2D eigenvalue weighted by atomic mass is 9.95. The number of hydrogen-bond donors (Lipinski definition) is 1. The molecule has 2 atom stereocenters. The summed E-state index contributed by atoms with van der Waals surface area (Å²) in [5.74, 6) is 1.06. The maximum Gasteiger partial charge on any atom is 0.243 e. The van der Waals surface area contributed by atoms with Crippen LogP contribution in [-0.2, 0) is 16.4 Å². The summed E-state index contributed by atoms with van der Waals surface area (Å²) in [6.07, 6.45) is 3.00. The van der Waals surface area contributed by atoms with E-state index in [-0.39, 0.29) is 0 Å². The van der Waals surface area contributed by atoms with Gasteiger partial charge in [-0.3, -0.25) is 0 Å². The molecule has 0 saturated carbocycles. The van der Waals surface area contributed by atoms with E-state index in [4.69, 9.17) is 0 Å². The van der Waals surface area contributed by atoms with E-state index < -0.39 is 10.0 Å². The molecule has 2 saturated heterocycles. The van der Waals surface area contributed by atoms with Gasteiger partial charge in [0.05, 0.1) is 4.90 Å². The highest BCUT2D eigenvalue weighted by Crippen LogP contribution is 2.28. The van der Waals surface area contributed by atoms with Crippen molar-refractivity contribution in [1.82, 2.24) is 9.62 Å². The summed E-state index contributed by atoms with van der Waals surface area (Å²) in [5.41, 5.74) is 1.20. The van der Waals surface area contributed by atoms with Crippen LogP contribution < -0.4 is 5.32 Å². The molecule has 2 fully saturated rings. The monoisotopic (exact) mass is 322 g/mol. The van der Waals surface area contributed by atoms with Crippen LogP contribution in [0.4, 0.5) is 0 Å². The van der Waals surface area contributed by atoms with Gasteiger partial charge in [-0.05, 0) is 55.3 Å². The van der Waals surface area contributed by atoms with Gasteiger partial charge in [0.15, 0.2) is 0 Å². The number of nitrogens with zero attached hydrogens (tertiary/aromatic N) is 1. The minimum absolute atomic E-state index is 0.435. The molecule has 0 aliphatic carbocycles. The molecule has 1 N–H and O–H groups in total. The number of piperidine rings is 1. The van der Waals surface area contributed by atoms with Gasteiger partial charge in [-0.1, -0.05) is 26.0 Å². The Kier molecular flexibility index (Phi) is 4.57. The third-order valence-electron chi connectivity index (χ3n) is 4.82. The van der Waals surface area contributed by atoms with Crippen molar-refractivity contribution in [2.75, 3.05) is 19.6 Å². The smallest absolute Gasteiger partial charge is 0.243 e. The molecule has 2 aliphatic rings. The number of benzene rings is 1. The normalized spacial score (nSPS) is 26.3. The number of nitrogens with one attached hydrogen (secondary N) is 1. The summed E-state index contributed by atoms with van der Waals surface area (Å²) in [6, 6.07) is 7.96. The molecule has 5 heteroatoms. The number of rotatable bonds is 4. The van der Waals surface area contributed by atoms with Crippen molar-refractivity contribution in [2.45, 2.75) is 44.0 Å². The maximum atomic E-state index is 12.8. The second kappa shape index (κ2) is 6.30. The molecular formula is C17H26N2O2S. The molecule has 1 aromatic rings. The van der Waals surface area contributed by atoms with Crippen LogP contribution in [0, 0.1) is 11.8 Å². The predicted octanol–water partition coefficient (Wildman–Crippen LogP) is 2.26. The molecule has 2 unspecified atom stereocenters. The van der Waals surface area contributed by atoms with Crippen LogP contribution in [0.5, 0.6) is 0 Å². The van der Waals surface area contributed by atoms with Gasteiger partial charge in [0.25, 0.3) is 0 Å². The van der Waals surface area contributed by atoms with Gasteiger partial charge in [-0.2, -0.15) is 4.31 Å². The first-order valence-electron chi connectivity index (χ1n) is 8.29. The fourth-order valence-corrected chi connectivity index (χ4v) is 5.16. The maximum absolute atomic E-state index is 12.8. The average molecular weight is 322 g/mol. The van der Waals surface area contributed by atoms with E-state index in [9.17, 15) is 8.42 Å². The van der Waals surface area contributed by atoms with E-state index in [1.807, 2.05) is 12.1 Å². The second-order valence-electron chi connectivity index (χ2n) is 7.00. The SMILES string of the molecule is CC(C)Cc1ccc(S(=O)(=O)N2CCC3NCCC3C2)cc1. The third-order valence-corrected chi connectivity index (χ3v) is 6.70. The lowest BCUT2D eigenvalue weighted by Crippen LogP contribution is -2.46. The molecule has 1 aromatic carbocycles. The summed E-state index contributed by atoms with van der Waals surface area (Å²) in [5, 5.41) is 3.47. The molecule has 0 radical (unpaired) electrons. The van der Waals surface area contributed by atoms with Crippen molar-refractivity contribution in [1.29, 1.82) is 0 Å². The van der Waals surface area contributed by atoms with Gasteiger partial charge in [-0.15, -0.1) is 0 Å². The summed E-state index contributed by atoms with van der Waals surface area (Å²) < 4.78 is 27.3. The molecule has 0 amide bonds. The minimum Gasteiger partial charge on any atom is -0.314 e. The van der Waals surface area contributed by atoms with Gasteiger partial charge < -0.3 is 5.32 Å². The van der Waals surface area contributed by atoms with Crippen molar-refractivity contribution in [2.24, 2.45) is 11.8 Å². The lowest BCUT2D eigenvalue weighted by molar-refractivity contribution is 0.247. The first kappa shape index (κ1) is 16.0. The average Bonchev–Trinajstić information content (AvgIpc) is 2.94. The Morgan fingerprint density at radius 3 is 2.64 bits per heavy atom. The van der Waals surface area contributed by atoms with E-state index in [1.165, 1.54) is 5.56 Å². The molecule has 0 aromatic heterocycles.